The fraction of sp³-hybridized carbons (Fsp3) is 0.375. The number of ether oxygens (including phenoxy) is 1. The van der Waals surface area contributed by atoms with Gasteiger partial charge < -0.3 is 9.64 Å². The van der Waals surface area contributed by atoms with Crippen LogP contribution in [0.4, 0.5) is 10.8 Å². The maximum absolute atomic E-state index is 11.5. The fourth-order valence-corrected chi connectivity index (χ4v) is 2.98. The van der Waals surface area contributed by atoms with Crippen molar-refractivity contribution in [2.75, 3.05) is 18.6 Å². The molecule has 5 heteroatoms. The molecule has 2 rings (SSSR count). The molecule has 21 heavy (non-hydrogen) atoms. The van der Waals surface area contributed by atoms with Crippen molar-refractivity contribution in [3.8, 4) is 0 Å². The number of anilines is 2. The molecule has 0 aliphatic rings. The molecular formula is C16H20N2O2S. The summed E-state index contributed by atoms with van der Waals surface area (Å²) in [6, 6.07) is 6.34. The van der Waals surface area contributed by atoms with Crippen molar-refractivity contribution in [2.24, 2.45) is 0 Å². The number of thiazole rings is 1. The van der Waals surface area contributed by atoms with Gasteiger partial charge in [0, 0.05) is 18.1 Å². The Morgan fingerprint density at radius 1 is 1.38 bits per heavy atom. The molecule has 0 saturated heterocycles. The number of carbonyl (C=O) groups is 1. The Morgan fingerprint density at radius 2 is 2.14 bits per heavy atom. The number of hydrogen-bond acceptors (Lipinski definition) is 5. The Bertz CT molecular complexity index is 637. The number of hydrogen-bond donors (Lipinski definition) is 0. The molecule has 0 amide bonds. The quantitative estimate of drug-likeness (QED) is 0.791. The summed E-state index contributed by atoms with van der Waals surface area (Å²) in [5.74, 6) is -0.233. The smallest absolute Gasteiger partial charge is 0.311 e. The van der Waals surface area contributed by atoms with E-state index in [1.54, 1.807) is 6.92 Å². The SMILES string of the molecule is CCOC(=O)Cc1csc(N(C)c2ccc(C)cc2C)n1. The summed E-state index contributed by atoms with van der Waals surface area (Å²) in [6.45, 7) is 6.38. The number of carbonyl (C=O) groups excluding carboxylic acids is 1. The van der Waals surface area contributed by atoms with Gasteiger partial charge in [0.15, 0.2) is 5.13 Å². The maximum atomic E-state index is 11.5. The first-order valence-corrected chi connectivity index (χ1v) is 7.80. The molecule has 0 radical (unpaired) electrons. The summed E-state index contributed by atoms with van der Waals surface area (Å²) in [6.07, 6.45) is 0.227. The van der Waals surface area contributed by atoms with Crippen molar-refractivity contribution in [1.29, 1.82) is 0 Å². The highest BCUT2D eigenvalue weighted by molar-refractivity contribution is 7.13. The fourth-order valence-electron chi connectivity index (χ4n) is 2.18. The lowest BCUT2D eigenvalue weighted by Gasteiger charge is -2.18. The molecule has 0 unspecified atom stereocenters. The molecule has 1 aromatic heterocycles. The molecule has 0 saturated carbocycles. The predicted molar refractivity (Wildman–Crippen MR) is 86.4 cm³/mol. The van der Waals surface area contributed by atoms with Crippen molar-refractivity contribution < 1.29 is 9.53 Å². The number of nitrogens with zero attached hydrogens (tertiary/aromatic N) is 2. The molecule has 0 fully saturated rings. The Labute approximate surface area is 129 Å². The molecule has 0 aliphatic carbocycles. The minimum absolute atomic E-state index is 0.227. The normalized spacial score (nSPS) is 10.5. The van der Waals surface area contributed by atoms with Gasteiger partial charge in [0.25, 0.3) is 0 Å². The van der Waals surface area contributed by atoms with Crippen LogP contribution in [0.3, 0.4) is 0 Å². The Balaban J connectivity index is 2.15. The minimum Gasteiger partial charge on any atom is -0.466 e. The molecule has 2 aromatic rings. The standard InChI is InChI=1S/C16H20N2O2S/c1-5-20-15(19)9-13-10-21-16(17-13)18(4)14-7-6-11(2)8-12(14)3/h6-8,10H,5,9H2,1-4H3. The van der Waals surface area contributed by atoms with Crippen LogP contribution in [-0.2, 0) is 16.0 Å². The van der Waals surface area contributed by atoms with Crippen LogP contribution < -0.4 is 4.90 Å². The summed E-state index contributed by atoms with van der Waals surface area (Å²) >= 11 is 1.53. The van der Waals surface area contributed by atoms with Gasteiger partial charge in [-0.1, -0.05) is 17.7 Å². The highest BCUT2D eigenvalue weighted by atomic mass is 32.1. The van der Waals surface area contributed by atoms with E-state index in [1.807, 2.05) is 17.3 Å². The molecule has 0 aliphatic heterocycles. The van der Waals surface area contributed by atoms with E-state index in [9.17, 15) is 4.79 Å². The first-order valence-electron chi connectivity index (χ1n) is 6.92. The van der Waals surface area contributed by atoms with Gasteiger partial charge in [-0.3, -0.25) is 4.79 Å². The van der Waals surface area contributed by atoms with E-state index in [0.717, 1.165) is 16.5 Å². The summed E-state index contributed by atoms with van der Waals surface area (Å²) in [7, 11) is 1.99. The number of esters is 1. The van der Waals surface area contributed by atoms with E-state index in [0.29, 0.717) is 6.61 Å². The zero-order valence-corrected chi connectivity index (χ0v) is 13.7. The largest absolute Gasteiger partial charge is 0.466 e. The maximum Gasteiger partial charge on any atom is 0.311 e. The number of aryl methyl sites for hydroxylation is 2. The zero-order valence-electron chi connectivity index (χ0n) is 12.8. The van der Waals surface area contributed by atoms with Crippen LogP contribution in [0.1, 0.15) is 23.7 Å². The Morgan fingerprint density at radius 3 is 2.81 bits per heavy atom. The minimum atomic E-state index is -0.233. The average Bonchev–Trinajstić information content (AvgIpc) is 2.86. The van der Waals surface area contributed by atoms with E-state index in [1.165, 1.54) is 22.5 Å². The molecule has 1 heterocycles. The predicted octanol–water partition coefficient (Wildman–Crippen LogP) is 3.63. The van der Waals surface area contributed by atoms with Gasteiger partial charge in [-0.25, -0.2) is 4.98 Å². The van der Waals surface area contributed by atoms with Gasteiger partial charge in [0.1, 0.15) is 0 Å². The van der Waals surface area contributed by atoms with E-state index >= 15 is 0 Å². The lowest BCUT2D eigenvalue weighted by atomic mass is 10.1. The lowest BCUT2D eigenvalue weighted by molar-refractivity contribution is -0.142. The van der Waals surface area contributed by atoms with Gasteiger partial charge in [-0.05, 0) is 32.4 Å². The summed E-state index contributed by atoms with van der Waals surface area (Å²) < 4.78 is 4.94. The van der Waals surface area contributed by atoms with Gasteiger partial charge >= 0.3 is 5.97 Å². The van der Waals surface area contributed by atoms with E-state index in [-0.39, 0.29) is 12.4 Å². The van der Waals surface area contributed by atoms with Gasteiger partial charge in [-0.15, -0.1) is 11.3 Å². The van der Waals surface area contributed by atoms with Gasteiger partial charge in [0.2, 0.25) is 0 Å². The molecule has 4 nitrogen and oxygen atoms in total. The first-order chi connectivity index (χ1) is 10.0. The Hall–Kier alpha value is -1.88. The van der Waals surface area contributed by atoms with Crippen LogP contribution in [0.25, 0.3) is 0 Å². The molecular weight excluding hydrogens is 284 g/mol. The second-order valence-electron chi connectivity index (χ2n) is 4.95. The van der Waals surface area contributed by atoms with Crippen LogP contribution in [0.5, 0.6) is 0 Å². The topological polar surface area (TPSA) is 42.4 Å². The van der Waals surface area contributed by atoms with Crippen LogP contribution in [0, 0.1) is 13.8 Å². The van der Waals surface area contributed by atoms with E-state index < -0.39 is 0 Å². The highest BCUT2D eigenvalue weighted by Gasteiger charge is 2.13. The van der Waals surface area contributed by atoms with Crippen LogP contribution in [-0.4, -0.2) is 24.6 Å². The van der Waals surface area contributed by atoms with Crippen molar-refractivity contribution in [1.82, 2.24) is 4.98 Å². The van der Waals surface area contributed by atoms with Crippen LogP contribution in [0.15, 0.2) is 23.6 Å². The third kappa shape index (κ3) is 3.82. The molecule has 0 spiro atoms. The molecule has 112 valence electrons. The summed E-state index contributed by atoms with van der Waals surface area (Å²) in [5.41, 5.74) is 4.33. The van der Waals surface area contributed by atoms with Crippen molar-refractivity contribution >= 4 is 28.1 Å². The summed E-state index contributed by atoms with van der Waals surface area (Å²) in [5, 5.41) is 2.79. The van der Waals surface area contributed by atoms with E-state index in [2.05, 4.69) is 37.0 Å². The number of benzene rings is 1. The molecule has 0 bridgehead atoms. The Kier molecular flexibility index (Phi) is 4.96. The number of aromatic nitrogens is 1. The van der Waals surface area contributed by atoms with Crippen LogP contribution in [0.2, 0.25) is 0 Å². The van der Waals surface area contributed by atoms with Crippen molar-refractivity contribution in [2.45, 2.75) is 27.2 Å². The monoisotopic (exact) mass is 304 g/mol. The van der Waals surface area contributed by atoms with Crippen molar-refractivity contribution in [3.63, 3.8) is 0 Å². The van der Waals surface area contributed by atoms with Gasteiger partial charge in [0.05, 0.1) is 18.7 Å². The van der Waals surface area contributed by atoms with Crippen molar-refractivity contribution in [3.05, 3.63) is 40.4 Å². The molecule has 0 atom stereocenters. The average molecular weight is 304 g/mol. The third-order valence-electron chi connectivity index (χ3n) is 3.17. The lowest BCUT2D eigenvalue weighted by Crippen LogP contribution is -2.11. The first kappa shape index (κ1) is 15.5. The highest BCUT2D eigenvalue weighted by Crippen LogP contribution is 2.29. The second kappa shape index (κ2) is 6.72. The summed E-state index contributed by atoms with van der Waals surface area (Å²) in [4.78, 5) is 18.0. The molecule has 1 aromatic carbocycles. The number of rotatable bonds is 5. The van der Waals surface area contributed by atoms with E-state index in [4.69, 9.17) is 4.74 Å². The second-order valence-corrected chi connectivity index (χ2v) is 5.79. The van der Waals surface area contributed by atoms with Crippen LogP contribution >= 0.6 is 11.3 Å². The zero-order chi connectivity index (χ0) is 15.4. The van der Waals surface area contributed by atoms with Gasteiger partial charge in [-0.2, -0.15) is 0 Å². The third-order valence-corrected chi connectivity index (χ3v) is 4.14. The molecule has 0 N–H and O–H groups in total.